The lowest BCUT2D eigenvalue weighted by molar-refractivity contribution is -0.240. The van der Waals surface area contributed by atoms with Crippen LogP contribution in [0, 0.1) is 0 Å². The van der Waals surface area contributed by atoms with Crippen LogP contribution in [0.5, 0.6) is 0 Å². The fourth-order valence-corrected chi connectivity index (χ4v) is 1.14. The van der Waals surface area contributed by atoms with Crippen LogP contribution in [0.4, 0.5) is 0 Å². The Hall–Kier alpha value is -0.160. The zero-order chi connectivity index (χ0) is 9.78. The molecular formula is C8H18O4. The number of hydrogen-bond acceptors (Lipinski definition) is 4. The molecule has 2 atom stereocenters. The van der Waals surface area contributed by atoms with E-state index in [9.17, 15) is 10.2 Å². The van der Waals surface area contributed by atoms with Gasteiger partial charge in [-0.3, -0.25) is 0 Å². The van der Waals surface area contributed by atoms with E-state index in [0.717, 1.165) is 0 Å². The minimum absolute atomic E-state index is 0.455. The van der Waals surface area contributed by atoms with Crippen molar-refractivity contribution in [2.75, 3.05) is 14.2 Å². The number of aliphatic hydroxyl groups excluding tert-OH is 1. The lowest BCUT2D eigenvalue weighted by atomic mass is 9.96. The first-order valence-electron chi connectivity index (χ1n) is 3.96. The van der Waals surface area contributed by atoms with E-state index in [1.807, 2.05) is 0 Å². The second-order valence-corrected chi connectivity index (χ2v) is 2.95. The van der Waals surface area contributed by atoms with E-state index in [1.165, 1.54) is 21.1 Å². The van der Waals surface area contributed by atoms with Gasteiger partial charge in [-0.2, -0.15) is 0 Å². The highest BCUT2D eigenvalue weighted by molar-refractivity contribution is 4.84. The molecular weight excluding hydrogens is 160 g/mol. The van der Waals surface area contributed by atoms with Crippen molar-refractivity contribution in [3.63, 3.8) is 0 Å². The van der Waals surface area contributed by atoms with E-state index < -0.39 is 18.0 Å². The number of methoxy groups -OCH3 is 2. The van der Waals surface area contributed by atoms with Crippen LogP contribution in [0.3, 0.4) is 0 Å². The Bertz CT molecular complexity index is 120. The van der Waals surface area contributed by atoms with Gasteiger partial charge in [-0.25, -0.2) is 0 Å². The summed E-state index contributed by atoms with van der Waals surface area (Å²) in [6.07, 6.45) is -1.19. The quantitative estimate of drug-likeness (QED) is 0.587. The van der Waals surface area contributed by atoms with E-state index >= 15 is 0 Å². The third-order valence-electron chi connectivity index (χ3n) is 1.97. The molecule has 0 fully saturated rings. The summed E-state index contributed by atoms with van der Waals surface area (Å²) in [6.45, 7) is 3.26. The van der Waals surface area contributed by atoms with Crippen LogP contribution < -0.4 is 0 Å². The van der Waals surface area contributed by atoms with Crippen molar-refractivity contribution >= 4 is 0 Å². The van der Waals surface area contributed by atoms with E-state index in [-0.39, 0.29) is 0 Å². The predicted molar refractivity (Wildman–Crippen MR) is 44.7 cm³/mol. The molecule has 0 aromatic rings. The number of aliphatic hydroxyl groups is 2. The predicted octanol–water partition coefficient (Wildman–Crippen LogP) is 0.127. The molecule has 0 aromatic heterocycles. The maximum Gasteiger partial charge on any atom is 0.187 e. The smallest absolute Gasteiger partial charge is 0.187 e. The summed E-state index contributed by atoms with van der Waals surface area (Å²) in [4.78, 5) is 0. The van der Waals surface area contributed by atoms with Gasteiger partial charge in [0.05, 0.1) is 6.10 Å². The summed E-state index contributed by atoms with van der Waals surface area (Å²) in [5.74, 6) is 0. The van der Waals surface area contributed by atoms with Gasteiger partial charge in [0.25, 0.3) is 0 Å². The summed E-state index contributed by atoms with van der Waals surface area (Å²) in [7, 11) is 2.84. The van der Waals surface area contributed by atoms with Gasteiger partial charge in [0.15, 0.2) is 6.29 Å². The first kappa shape index (κ1) is 11.8. The Morgan fingerprint density at radius 2 is 1.75 bits per heavy atom. The molecule has 0 spiro atoms. The van der Waals surface area contributed by atoms with Crippen LogP contribution in [-0.2, 0) is 9.47 Å². The van der Waals surface area contributed by atoms with Crippen LogP contribution in [0.15, 0.2) is 0 Å². The highest BCUT2D eigenvalue weighted by Crippen LogP contribution is 2.20. The number of rotatable bonds is 5. The monoisotopic (exact) mass is 178 g/mol. The first-order chi connectivity index (χ1) is 5.50. The van der Waals surface area contributed by atoms with Crippen molar-refractivity contribution in [1.82, 2.24) is 0 Å². The first-order valence-corrected chi connectivity index (χ1v) is 3.96. The largest absolute Gasteiger partial charge is 0.390 e. The van der Waals surface area contributed by atoms with Crippen molar-refractivity contribution in [3.8, 4) is 0 Å². The molecule has 4 heteroatoms. The molecule has 0 aliphatic heterocycles. The highest BCUT2D eigenvalue weighted by Gasteiger charge is 2.38. The van der Waals surface area contributed by atoms with Crippen LogP contribution in [0.1, 0.15) is 20.3 Å². The molecule has 0 saturated heterocycles. The average molecular weight is 178 g/mol. The van der Waals surface area contributed by atoms with Gasteiger partial charge < -0.3 is 19.7 Å². The van der Waals surface area contributed by atoms with Gasteiger partial charge >= 0.3 is 0 Å². The molecule has 0 aliphatic carbocycles. The SMILES string of the molecule is CCC(O)C(C)(O)C(OC)OC. The molecule has 0 bridgehead atoms. The van der Waals surface area contributed by atoms with Crippen LogP contribution >= 0.6 is 0 Å². The Labute approximate surface area is 73.1 Å². The minimum atomic E-state index is -1.36. The fourth-order valence-electron chi connectivity index (χ4n) is 1.14. The van der Waals surface area contributed by atoms with Crippen LogP contribution in [0.25, 0.3) is 0 Å². The normalized spacial score (nSPS) is 19.2. The number of hydrogen-bond donors (Lipinski definition) is 2. The summed E-state index contributed by atoms with van der Waals surface area (Å²) >= 11 is 0. The minimum Gasteiger partial charge on any atom is -0.390 e. The summed E-state index contributed by atoms with van der Waals surface area (Å²) < 4.78 is 9.71. The third kappa shape index (κ3) is 2.42. The van der Waals surface area contributed by atoms with Crippen LogP contribution in [0.2, 0.25) is 0 Å². The average Bonchev–Trinajstić information content (AvgIpc) is 2.04. The van der Waals surface area contributed by atoms with Gasteiger partial charge in [-0.05, 0) is 13.3 Å². The van der Waals surface area contributed by atoms with Crippen molar-refractivity contribution in [3.05, 3.63) is 0 Å². The van der Waals surface area contributed by atoms with Gasteiger partial charge in [0.1, 0.15) is 5.60 Å². The van der Waals surface area contributed by atoms with Gasteiger partial charge in [-0.1, -0.05) is 6.92 Å². The maximum atomic E-state index is 9.74. The molecule has 0 rings (SSSR count). The zero-order valence-corrected chi connectivity index (χ0v) is 8.07. The van der Waals surface area contributed by atoms with E-state index in [2.05, 4.69) is 0 Å². The lowest BCUT2D eigenvalue weighted by Crippen LogP contribution is -2.51. The maximum absolute atomic E-state index is 9.74. The Balaban J connectivity index is 4.33. The van der Waals surface area contributed by atoms with Crippen molar-refractivity contribution < 1.29 is 19.7 Å². The molecule has 0 heterocycles. The van der Waals surface area contributed by atoms with Crippen molar-refractivity contribution in [2.45, 2.75) is 38.3 Å². The Kier molecular flexibility index (Phi) is 4.70. The fraction of sp³-hybridized carbons (Fsp3) is 1.00. The molecule has 2 unspecified atom stereocenters. The molecule has 0 amide bonds. The number of ether oxygens (including phenoxy) is 2. The second-order valence-electron chi connectivity index (χ2n) is 2.95. The molecule has 74 valence electrons. The summed E-state index contributed by atoms with van der Waals surface area (Å²) in [5.41, 5.74) is -1.36. The standard InChI is InChI=1S/C8H18O4/c1-5-6(9)8(2,10)7(11-3)12-4/h6-7,9-10H,5H2,1-4H3. The van der Waals surface area contributed by atoms with Gasteiger partial charge in [0, 0.05) is 14.2 Å². The van der Waals surface area contributed by atoms with E-state index in [4.69, 9.17) is 9.47 Å². The van der Waals surface area contributed by atoms with Crippen molar-refractivity contribution in [2.24, 2.45) is 0 Å². The van der Waals surface area contributed by atoms with E-state index in [1.54, 1.807) is 6.92 Å². The second kappa shape index (κ2) is 4.77. The zero-order valence-electron chi connectivity index (χ0n) is 8.07. The summed E-state index contributed by atoms with van der Waals surface area (Å²) in [5, 5.41) is 19.2. The third-order valence-corrected chi connectivity index (χ3v) is 1.97. The molecule has 2 N–H and O–H groups in total. The Morgan fingerprint density at radius 1 is 1.33 bits per heavy atom. The highest BCUT2D eigenvalue weighted by atomic mass is 16.7. The van der Waals surface area contributed by atoms with E-state index in [0.29, 0.717) is 6.42 Å². The van der Waals surface area contributed by atoms with Crippen LogP contribution in [-0.4, -0.2) is 42.4 Å². The molecule has 0 saturated carbocycles. The molecule has 0 aliphatic rings. The van der Waals surface area contributed by atoms with Gasteiger partial charge in [-0.15, -0.1) is 0 Å². The molecule has 4 nitrogen and oxygen atoms in total. The topological polar surface area (TPSA) is 58.9 Å². The molecule has 0 aromatic carbocycles. The molecule has 12 heavy (non-hydrogen) atoms. The van der Waals surface area contributed by atoms with Gasteiger partial charge in [0.2, 0.25) is 0 Å². The lowest BCUT2D eigenvalue weighted by Gasteiger charge is -2.34. The molecule has 0 radical (unpaired) electrons. The van der Waals surface area contributed by atoms with Crippen molar-refractivity contribution in [1.29, 1.82) is 0 Å². The summed E-state index contributed by atoms with van der Waals surface area (Å²) in [6, 6.07) is 0. The Morgan fingerprint density at radius 3 is 2.00 bits per heavy atom.